The second-order valence-corrected chi connectivity index (χ2v) is 7.18. The van der Waals surface area contributed by atoms with Gasteiger partial charge in [0.1, 0.15) is 5.25 Å². The number of rotatable bonds is 5. The van der Waals surface area contributed by atoms with E-state index in [0.29, 0.717) is 0 Å². The smallest absolute Gasteiger partial charge is 0.238 e. The monoisotopic (exact) mass is 307 g/mol. The van der Waals surface area contributed by atoms with E-state index in [-0.39, 0.29) is 6.54 Å². The van der Waals surface area contributed by atoms with Gasteiger partial charge >= 0.3 is 0 Å². The minimum absolute atomic E-state index is 0.242. The Hall–Kier alpha value is -2.15. The summed E-state index contributed by atoms with van der Waals surface area (Å²) in [6, 6.07) is 9.57. The summed E-state index contributed by atoms with van der Waals surface area (Å²) in [5.74, 6) is -0.509. The molecule has 1 amide bonds. The van der Waals surface area contributed by atoms with Crippen LogP contribution in [-0.2, 0) is 21.2 Å². The van der Waals surface area contributed by atoms with Crippen molar-refractivity contribution in [2.45, 2.75) is 18.7 Å². The molecule has 0 saturated heterocycles. The number of para-hydroxylation sites is 1. The lowest BCUT2D eigenvalue weighted by Gasteiger charge is -2.09. The van der Waals surface area contributed by atoms with Crippen molar-refractivity contribution in [3.8, 4) is 5.69 Å². The van der Waals surface area contributed by atoms with Gasteiger partial charge in [-0.05, 0) is 19.1 Å². The van der Waals surface area contributed by atoms with Gasteiger partial charge < -0.3 is 5.32 Å². The molecule has 112 valence electrons. The number of carbonyl (C=O) groups is 1. The highest BCUT2D eigenvalue weighted by Crippen LogP contribution is 2.07. The second kappa shape index (κ2) is 6.09. The molecule has 1 aromatic heterocycles. The molecule has 1 atom stereocenters. The van der Waals surface area contributed by atoms with Gasteiger partial charge in [-0.3, -0.25) is 4.79 Å². The largest absolute Gasteiger partial charge is 0.351 e. The molecule has 0 radical (unpaired) electrons. The van der Waals surface area contributed by atoms with Gasteiger partial charge in [-0.25, -0.2) is 13.1 Å². The van der Waals surface area contributed by atoms with Gasteiger partial charge in [0.05, 0.1) is 11.9 Å². The average molecular weight is 307 g/mol. The molecule has 2 aromatic rings. The molecule has 0 fully saturated rings. The van der Waals surface area contributed by atoms with Crippen molar-refractivity contribution < 1.29 is 13.2 Å². The van der Waals surface area contributed by atoms with Gasteiger partial charge in [-0.1, -0.05) is 18.2 Å². The maximum atomic E-state index is 11.7. The Balaban J connectivity index is 2.00. The molecule has 1 N–H and O–H groups in total. The second-order valence-electron chi connectivity index (χ2n) is 4.82. The van der Waals surface area contributed by atoms with E-state index in [2.05, 4.69) is 10.4 Å². The Bertz CT molecular complexity index is 723. The van der Waals surface area contributed by atoms with Crippen LogP contribution in [0, 0.1) is 0 Å². The van der Waals surface area contributed by atoms with Gasteiger partial charge in [0, 0.05) is 24.6 Å². The lowest BCUT2D eigenvalue weighted by atomic mass is 10.3. The number of hydrogen-bond donors (Lipinski definition) is 1. The molecular formula is C14H17N3O3S. The Morgan fingerprint density at radius 3 is 2.62 bits per heavy atom. The van der Waals surface area contributed by atoms with Crippen LogP contribution in [0.5, 0.6) is 0 Å². The van der Waals surface area contributed by atoms with E-state index in [4.69, 9.17) is 0 Å². The van der Waals surface area contributed by atoms with Crippen LogP contribution in [0.1, 0.15) is 12.5 Å². The molecular weight excluding hydrogens is 290 g/mol. The van der Waals surface area contributed by atoms with Gasteiger partial charge in [0.25, 0.3) is 0 Å². The zero-order valence-corrected chi connectivity index (χ0v) is 12.7. The van der Waals surface area contributed by atoms with Crippen LogP contribution in [-0.4, -0.2) is 35.6 Å². The SMILES string of the molecule is C[C@@H](C(=O)NCc1cnn(-c2ccccc2)c1)S(C)(=O)=O. The van der Waals surface area contributed by atoms with Crippen LogP contribution in [0.3, 0.4) is 0 Å². The first-order valence-corrected chi connectivity index (χ1v) is 8.39. The van der Waals surface area contributed by atoms with Crippen LogP contribution in [0.2, 0.25) is 0 Å². The number of nitrogens with zero attached hydrogens (tertiary/aromatic N) is 2. The first kappa shape index (κ1) is 15.2. The maximum Gasteiger partial charge on any atom is 0.238 e. The fourth-order valence-corrected chi connectivity index (χ4v) is 2.17. The van der Waals surface area contributed by atoms with Crippen molar-refractivity contribution in [2.75, 3.05) is 6.26 Å². The summed E-state index contributed by atoms with van der Waals surface area (Å²) in [5.41, 5.74) is 1.72. The standard InChI is InChI=1S/C14H17N3O3S/c1-11(21(2,19)20)14(18)15-8-12-9-16-17(10-12)13-6-4-3-5-7-13/h3-7,9-11H,8H2,1-2H3,(H,15,18)/t11-/m0/s1. The number of nitrogens with one attached hydrogen (secondary N) is 1. The number of benzene rings is 1. The maximum absolute atomic E-state index is 11.7. The summed E-state index contributed by atoms with van der Waals surface area (Å²) in [4.78, 5) is 11.7. The van der Waals surface area contributed by atoms with Gasteiger partial charge in [0.2, 0.25) is 5.91 Å². The molecule has 0 aliphatic carbocycles. The van der Waals surface area contributed by atoms with Crippen molar-refractivity contribution in [1.29, 1.82) is 0 Å². The van der Waals surface area contributed by atoms with Crippen LogP contribution in [0.4, 0.5) is 0 Å². The van der Waals surface area contributed by atoms with Crippen molar-refractivity contribution in [3.05, 3.63) is 48.3 Å². The predicted molar refractivity (Wildman–Crippen MR) is 79.7 cm³/mol. The van der Waals surface area contributed by atoms with Gasteiger partial charge in [-0.2, -0.15) is 5.10 Å². The van der Waals surface area contributed by atoms with E-state index in [1.54, 1.807) is 17.1 Å². The molecule has 0 unspecified atom stereocenters. The summed E-state index contributed by atoms with van der Waals surface area (Å²) < 4.78 is 24.3. The van der Waals surface area contributed by atoms with Crippen molar-refractivity contribution in [2.24, 2.45) is 0 Å². The number of amides is 1. The first-order chi connectivity index (χ1) is 9.88. The third-order valence-corrected chi connectivity index (χ3v) is 4.63. The summed E-state index contributed by atoms with van der Waals surface area (Å²) in [7, 11) is -3.38. The third kappa shape index (κ3) is 3.91. The molecule has 0 aliphatic heterocycles. The third-order valence-electron chi connectivity index (χ3n) is 3.14. The van der Waals surface area contributed by atoms with Crippen LogP contribution < -0.4 is 5.32 Å². The molecule has 1 aromatic carbocycles. The number of aromatic nitrogens is 2. The lowest BCUT2D eigenvalue weighted by molar-refractivity contribution is -0.120. The molecule has 7 heteroatoms. The first-order valence-electron chi connectivity index (χ1n) is 6.43. The van der Waals surface area contributed by atoms with Crippen molar-refractivity contribution >= 4 is 15.7 Å². The van der Waals surface area contributed by atoms with Crippen LogP contribution in [0.25, 0.3) is 5.69 Å². The van der Waals surface area contributed by atoms with Crippen molar-refractivity contribution in [3.63, 3.8) is 0 Å². The summed E-state index contributed by atoms with van der Waals surface area (Å²) in [6.07, 6.45) is 4.48. The van der Waals surface area contributed by atoms with E-state index in [1.165, 1.54) is 6.92 Å². The molecule has 21 heavy (non-hydrogen) atoms. The van der Waals surface area contributed by atoms with Gasteiger partial charge in [0.15, 0.2) is 9.84 Å². The summed E-state index contributed by atoms with van der Waals surface area (Å²) in [5, 5.41) is 5.75. The molecule has 2 rings (SSSR count). The number of hydrogen-bond acceptors (Lipinski definition) is 4. The zero-order valence-electron chi connectivity index (χ0n) is 11.9. The van der Waals surface area contributed by atoms with E-state index in [9.17, 15) is 13.2 Å². The Kier molecular flexibility index (Phi) is 4.42. The highest BCUT2D eigenvalue weighted by atomic mass is 32.2. The minimum Gasteiger partial charge on any atom is -0.351 e. The molecule has 0 aliphatic rings. The quantitative estimate of drug-likeness (QED) is 0.890. The molecule has 0 bridgehead atoms. The Labute approximate surface area is 123 Å². The van der Waals surface area contributed by atoms with Crippen LogP contribution in [0.15, 0.2) is 42.7 Å². The summed E-state index contributed by atoms with van der Waals surface area (Å²) >= 11 is 0. The fraction of sp³-hybridized carbons (Fsp3) is 0.286. The van der Waals surface area contributed by atoms with E-state index >= 15 is 0 Å². The summed E-state index contributed by atoms with van der Waals surface area (Å²) in [6.45, 7) is 1.61. The normalized spacial score (nSPS) is 12.9. The fourth-order valence-electron chi connectivity index (χ4n) is 1.70. The Morgan fingerprint density at radius 2 is 2.00 bits per heavy atom. The molecule has 1 heterocycles. The Morgan fingerprint density at radius 1 is 1.33 bits per heavy atom. The highest BCUT2D eigenvalue weighted by molar-refractivity contribution is 7.92. The zero-order chi connectivity index (χ0) is 15.5. The van der Waals surface area contributed by atoms with E-state index in [0.717, 1.165) is 17.5 Å². The van der Waals surface area contributed by atoms with E-state index in [1.807, 2.05) is 30.3 Å². The molecule has 0 spiro atoms. The topological polar surface area (TPSA) is 81.1 Å². The van der Waals surface area contributed by atoms with Crippen molar-refractivity contribution in [1.82, 2.24) is 15.1 Å². The highest BCUT2D eigenvalue weighted by Gasteiger charge is 2.23. The average Bonchev–Trinajstić information content (AvgIpc) is 2.93. The minimum atomic E-state index is -3.38. The van der Waals surface area contributed by atoms with E-state index < -0.39 is 21.0 Å². The molecule has 6 nitrogen and oxygen atoms in total. The van der Waals surface area contributed by atoms with Crippen LogP contribution >= 0.6 is 0 Å². The van der Waals surface area contributed by atoms with Gasteiger partial charge in [-0.15, -0.1) is 0 Å². The predicted octanol–water partition coefficient (Wildman–Crippen LogP) is 0.922. The number of carbonyl (C=O) groups excluding carboxylic acids is 1. The lowest BCUT2D eigenvalue weighted by Crippen LogP contribution is -2.36. The molecule has 0 saturated carbocycles. The number of sulfone groups is 1.